The molecule has 0 aliphatic carbocycles. The molecule has 0 unspecified atom stereocenters. The van der Waals surface area contributed by atoms with Crippen molar-refractivity contribution in [3.8, 4) is 17.2 Å². The third kappa shape index (κ3) is 4.69. The number of ether oxygens (including phenoxy) is 2. The lowest BCUT2D eigenvalue weighted by molar-refractivity contribution is 0.0942. The van der Waals surface area contributed by atoms with E-state index in [9.17, 15) is 9.18 Å². The van der Waals surface area contributed by atoms with E-state index in [1.165, 1.54) is 27.9 Å². The normalized spacial score (nSPS) is 13.5. The van der Waals surface area contributed by atoms with E-state index in [4.69, 9.17) is 9.47 Å². The fourth-order valence-electron chi connectivity index (χ4n) is 3.76. The summed E-state index contributed by atoms with van der Waals surface area (Å²) in [6.45, 7) is 2.94. The van der Waals surface area contributed by atoms with Gasteiger partial charge in [0.05, 0.1) is 19.9 Å². The molecule has 0 bridgehead atoms. The average molecular weight is 424 g/mol. The van der Waals surface area contributed by atoms with Crippen LogP contribution in [0.4, 0.5) is 4.39 Å². The van der Waals surface area contributed by atoms with Gasteiger partial charge in [0, 0.05) is 32.4 Å². The fourth-order valence-corrected chi connectivity index (χ4v) is 3.76. The Morgan fingerprint density at radius 3 is 2.65 bits per heavy atom. The molecule has 162 valence electrons. The number of halogens is 1. The Hall–Kier alpha value is -3.39. The standard InChI is InChI=1S/C23H25FN4O3/c1-30-21-12-16-6-9-27(15-17(16)13-22(21)31-2)11-8-25-23(29)20-7-10-28(26-20)19-5-3-4-18(24)14-19/h3-5,7,10,12-14H,6,8-9,11,15H2,1-2H3,(H,25,29). The SMILES string of the molecule is COc1cc2c(cc1OC)CN(CCNC(=O)c1ccn(-c3cccc(F)c3)n1)CC2. The van der Waals surface area contributed by atoms with E-state index in [1.807, 2.05) is 12.1 Å². The predicted molar refractivity (Wildman–Crippen MR) is 114 cm³/mol. The number of methoxy groups -OCH3 is 2. The minimum absolute atomic E-state index is 0.251. The number of benzene rings is 2. The highest BCUT2D eigenvalue weighted by molar-refractivity contribution is 5.92. The molecule has 1 amide bonds. The lowest BCUT2D eigenvalue weighted by Gasteiger charge is -2.29. The summed E-state index contributed by atoms with van der Waals surface area (Å²) in [6.07, 6.45) is 2.56. The van der Waals surface area contributed by atoms with Gasteiger partial charge in [0.1, 0.15) is 5.82 Å². The number of hydrogen-bond acceptors (Lipinski definition) is 5. The summed E-state index contributed by atoms with van der Waals surface area (Å²) in [7, 11) is 3.28. The van der Waals surface area contributed by atoms with Gasteiger partial charge in [-0.25, -0.2) is 9.07 Å². The molecule has 1 aliphatic rings. The molecule has 4 rings (SSSR count). The van der Waals surface area contributed by atoms with E-state index >= 15 is 0 Å². The average Bonchev–Trinajstić information content (AvgIpc) is 3.28. The second-order valence-corrected chi connectivity index (χ2v) is 7.38. The number of carbonyl (C=O) groups excluding carboxylic acids is 1. The summed E-state index contributed by atoms with van der Waals surface area (Å²) in [6, 6.07) is 11.8. The third-order valence-corrected chi connectivity index (χ3v) is 5.41. The molecule has 0 spiro atoms. The first-order chi connectivity index (χ1) is 15.1. The van der Waals surface area contributed by atoms with E-state index in [-0.39, 0.29) is 11.7 Å². The summed E-state index contributed by atoms with van der Waals surface area (Å²) >= 11 is 0. The van der Waals surface area contributed by atoms with Gasteiger partial charge in [0.15, 0.2) is 17.2 Å². The van der Waals surface area contributed by atoms with Crippen molar-refractivity contribution in [2.45, 2.75) is 13.0 Å². The van der Waals surface area contributed by atoms with Crippen LogP contribution in [0.5, 0.6) is 11.5 Å². The number of nitrogens with one attached hydrogen (secondary N) is 1. The number of rotatable bonds is 7. The second kappa shape index (κ2) is 9.18. The van der Waals surface area contributed by atoms with Gasteiger partial charge in [-0.05, 0) is 53.9 Å². The van der Waals surface area contributed by atoms with Crippen LogP contribution < -0.4 is 14.8 Å². The number of fused-ring (bicyclic) bond motifs is 1. The molecule has 0 saturated heterocycles. The van der Waals surface area contributed by atoms with E-state index in [0.717, 1.165) is 37.6 Å². The molecule has 0 saturated carbocycles. The molecule has 2 heterocycles. The van der Waals surface area contributed by atoms with Crippen molar-refractivity contribution in [3.05, 3.63) is 71.3 Å². The van der Waals surface area contributed by atoms with Crippen molar-refractivity contribution >= 4 is 5.91 Å². The molecule has 1 aromatic heterocycles. The Bertz CT molecular complexity index is 1080. The summed E-state index contributed by atoms with van der Waals surface area (Å²) < 4.78 is 25.7. The van der Waals surface area contributed by atoms with E-state index in [1.54, 1.807) is 38.6 Å². The van der Waals surface area contributed by atoms with Crippen LogP contribution in [0, 0.1) is 5.82 Å². The highest BCUT2D eigenvalue weighted by Crippen LogP contribution is 2.33. The number of aromatic nitrogens is 2. The molecular weight excluding hydrogens is 399 g/mol. The lowest BCUT2D eigenvalue weighted by Crippen LogP contribution is -2.38. The first-order valence-corrected chi connectivity index (χ1v) is 10.1. The van der Waals surface area contributed by atoms with Crippen molar-refractivity contribution in [2.24, 2.45) is 0 Å². The van der Waals surface area contributed by atoms with Gasteiger partial charge in [0.2, 0.25) is 0 Å². The summed E-state index contributed by atoms with van der Waals surface area (Å²) in [4.78, 5) is 14.7. The molecule has 31 heavy (non-hydrogen) atoms. The Kier molecular flexibility index (Phi) is 6.18. The predicted octanol–water partition coefficient (Wildman–Crippen LogP) is 2.82. The molecule has 0 atom stereocenters. The zero-order valence-corrected chi connectivity index (χ0v) is 17.6. The molecule has 2 aromatic carbocycles. The molecule has 0 fully saturated rings. The van der Waals surface area contributed by atoms with E-state index < -0.39 is 0 Å². The number of nitrogens with zero attached hydrogens (tertiary/aromatic N) is 3. The van der Waals surface area contributed by atoms with Gasteiger partial charge >= 0.3 is 0 Å². The van der Waals surface area contributed by atoms with Crippen molar-refractivity contribution < 1.29 is 18.7 Å². The molecule has 8 heteroatoms. The minimum Gasteiger partial charge on any atom is -0.493 e. The van der Waals surface area contributed by atoms with Crippen LogP contribution in [0.15, 0.2) is 48.7 Å². The van der Waals surface area contributed by atoms with Gasteiger partial charge in [-0.2, -0.15) is 5.10 Å². The van der Waals surface area contributed by atoms with E-state index in [2.05, 4.69) is 15.3 Å². The third-order valence-electron chi connectivity index (χ3n) is 5.41. The van der Waals surface area contributed by atoms with Crippen molar-refractivity contribution in [1.82, 2.24) is 20.0 Å². The molecular formula is C23H25FN4O3. The molecule has 0 radical (unpaired) electrons. The van der Waals surface area contributed by atoms with Crippen molar-refractivity contribution in [3.63, 3.8) is 0 Å². The first-order valence-electron chi connectivity index (χ1n) is 10.1. The zero-order chi connectivity index (χ0) is 21.8. The maximum Gasteiger partial charge on any atom is 0.271 e. The van der Waals surface area contributed by atoms with E-state index in [0.29, 0.717) is 17.9 Å². The fraction of sp³-hybridized carbons (Fsp3) is 0.304. The van der Waals surface area contributed by atoms with Crippen LogP contribution in [-0.2, 0) is 13.0 Å². The van der Waals surface area contributed by atoms with Crippen molar-refractivity contribution in [1.29, 1.82) is 0 Å². The van der Waals surface area contributed by atoms with Crippen LogP contribution >= 0.6 is 0 Å². The smallest absolute Gasteiger partial charge is 0.271 e. The van der Waals surface area contributed by atoms with Crippen LogP contribution in [-0.4, -0.2) is 54.4 Å². The molecule has 7 nitrogen and oxygen atoms in total. The highest BCUT2D eigenvalue weighted by Gasteiger charge is 2.19. The van der Waals surface area contributed by atoms with Gasteiger partial charge < -0.3 is 14.8 Å². The summed E-state index contributed by atoms with van der Waals surface area (Å²) in [5, 5.41) is 7.16. The summed E-state index contributed by atoms with van der Waals surface area (Å²) in [5.74, 6) is 0.877. The number of amides is 1. The summed E-state index contributed by atoms with van der Waals surface area (Å²) in [5.41, 5.74) is 3.34. The van der Waals surface area contributed by atoms with Crippen LogP contribution in [0.1, 0.15) is 21.6 Å². The second-order valence-electron chi connectivity index (χ2n) is 7.38. The van der Waals surface area contributed by atoms with Gasteiger partial charge in [-0.1, -0.05) is 6.07 Å². The van der Waals surface area contributed by atoms with Crippen LogP contribution in [0.3, 0.4) is 0 Å². The first kappa shape index (κ1) is 20.9. The van der Waals surface area contributed by atoms with Gasteiger partial charge in [-0.3, -0.25) is 9.69 Å². The number of carbonyl (C=O) groups is 1. The van der Waals surface area contributed by atoms with Crippen molar-refractivity contribution in [2.75, 3.05) is 33.9 Å². The Balaban J connectivity index is 1.32. The molecule has 1 N–H and O–H groups in total. The maximum absolute atomic E-state index is 13.4. The Morgan fingerprint density at radius 2 is 1.90 bits per heavy atom. The highest BCUT2D eigenvalue weighted by atomic mass is 19.1. The molecule has 1 aliphatic heterocycles. The topological polar surface area (TPSA) is 68.6 Å². The Morgan fingerprint density at radius 1 is 1.13 bits per heavy atom. The largest absolute Gasteiger partial charge is 0.493 e. The van der Waals surface area contributed by atoms with Gasteiger partial charge in [-0.15, -0.1) is 0 Å². The monoisotopic (exact) mass is 424 g/mol. The minimum atomic E-state index is -0.349. The number of hydrogen-bond donors (Lipinski definition) is 1. The van der Waals surface area contributed by atoms with Crippen LogP contribution in [0.2, 0.25) is 0 Å². The quantitative estimate of drug-likeness (QED) is 0.632. The Labute approximate surface area is 180 Å². The lowest BCUT2D eigenvalue weighted by atomic mass is 9.99. The molecule has 3 aromatic rings. The zero-order valence-electron chi connectivity index (χ0n) is 17.6. The van der Waals surface area contributed by atoms with Gasteiger partial charge in [0.25, 0.3) is 5.91 Å². The maximum atomic E-state index is 13.4. The van der Waals surface area contributed by atoms with Crippen LogP contribution in [0.25, 0.3) is 5.69 Å².